The minimum atomic E-state index is -4.77. The average Bonchev–Trinajstić information content (AvgIpc) is 3.31. The van der Waals surface area contributed by atoms with E-state index in [9.17, 15) is 18.4 Å². The maximum atomic E-state index is 15.6. The third-order valence-electron chi connectivity index (χ3n) is 7.12. The summed E-state index contributed by atoms with van der Waals surface area (Å²) in [5, 5.41) is 28.6. The largest absolute Gasteiger partial charge is 0.618 e. The lowest BCUT2D eigenvalue weighted by Gasteiger charge is -2.20. The molecule has 0 bridgehead atoms. The molecule has 11 nitrogen and oxygen atoms in total. The van der Waals surface area contributed by atoms with Crippen molar-refractivity contribution in [1.29, 1.82) is 0 Å². The lowest BCUT2D eigenvalue weighted by Crippen LogP contribution is -2.36. The zero-order chi connectivity index (χ0) is 29.8. The molecule has 0 saturated heterocycles. The number of hydrogen-bond donors (Lipinski definition) is 0. The third kappa shape index (κ3) is 5.04. The fraction of sp³-hybridized carbons (Fsp3) is 0.308. The Hall–Kier alpha value is -4.53. The highest BCUT2D eigenvalue weighted by atomic mass is 35.5. The van der Waals surface area contributed by atoms with Crippen LogP contribution in [-0.4, -0.2) is 46.6 Å². The van der Waals surface area contributed by atoms with Crippen LogP contribution in [0.4, 0.5) is 17.6 Å². The Labute approximate surface area is 240 Å². The number of methoxy groups -OCH3 is 1. The molecule has 4 heterocycles. The number of hydrogen-bond acceptors (Lipinski definition) is 7. The first-order chi connectivity index (χ1) is 20.0. The summed E-state index contributed by atoms with van der Waals surface area (Å²) in [6.45, 7) is 0. The van der Waals surface area contributed by atoms with Crippen LogP contribution in [0, 0.1) is 16.9 Å². The Balaban J connectivity index is 1.47. The van der Waals surface area contributed by atoms with E-state index in [1.54, 1.807) is 28.8 Å². The third-order valence-corrected chi connectivity index (χ3v) is 7.42. The van der Waals surface area contributed by atoms with Gasteiger partial charge in [0.1, 0.15) is 18.1 Å². The monoisotopic (exact) mass is 603 g/mol. The van der Waals surface area contributed by atoms with Gasteiger partial charge in [0.2, 0.25) is 5.69 Å². The van der Waals surface area contributed by atoms with Crippen LogP contribution in [0.2, 0.25) is 5.02 Å². The minimum absolute atomic E-state index is 0.0410. The molecule has 0 radical (unpaired) electrons. The van der Waals surface area contributed by atoms with Gasteiger partial charge in [-0.2, -0.15) is 28.1 Å². The maximum absolute atomic E-state index is 15.6. The van der Waals surface area contributed by atoms with Crippen LogP contribution in [0.5, 0.6) is 5.75 Å². The molecule has 16 heteroatoms. The number of pyridine rings is 1. The van der Waals surface area contributed by atoms with E-state index in [4.69, 9.17) is 16.3 Å². The summed E-state index contributed by atoms with van der Waals surface area (Å²) in [4.78, 5) is 4.25. The second-order valence-corrected chi connectivity index (χ2v) is 10.3. The molecule has 1 aliphatic rings. The Morgan fingerprint density at radius 3 is 2.64 bits per heavy atom. The lowest BCUT2D eigenvalue weighted by atomic mass is 10.0. The number of halogens is 5. The number of aryl methyl sites for hydroxylation is 1. The van der Waals surface area contributed by atoms with E-state index in [2.05, 4.69) is 25.5 Å². The smallest absolute Gasteiger partial charge is 0.436 e. The molecule has 1 aliphatic carbocycles. The van der Waals surface area contributed by atoms with Gasteiger partial charge in [-0.15, -0.1) is 5.10 Å². The number of rotatable bonds is 8. The van der Waals surface area contributed by atoms with Gasteiger partial charge in [-0.05, 0) is 24.5 Å². The van der Waals surface area contributed by atoms with E-state index >= 15 is 4.39 Å². The van der Waals surface area contributed by atoms with Crippen molar-refractivity contribution in [2.75, 3.05) is 7.11 Å². The van der Waals surface area contributed by atoms with E-state index < -0.39 is 23.7 Å². The molecule has 1 saturated carbocycles. The number of benzene rings is 1. The van der Waals surface area contributed by atoms with Crippen molar-refractivity contribution in [3.05, 3.63) is 76.7 Å². The molecule has 1 atom stereocenters. The van der Waals surface area contributed by atoms with Gasteiger partial charge < -0.3 is 9.94 Å². The molecule has 6 rings (SSSR count). The minimum Gasteiger partial charge on any atom is -0.618 e. The normalized spacial score (nSPS) is 14.4. The highest BCUT2D eigenvalue weighted by molar-refractivity contribution is 6.31. The molecular weight excluding hydrogens is 582 g/mol. The Morgan fingerprint density at radius 2 is 2.00 bits per heavy atom. The first-order valence-corrected chi connectivity index (χ1v) is 13.1. The molecule has 0 spiro atoms. The van der Waals surface area contributed by atoms with Gasteiger partial charge in [-0.25, -0.2) is 18.7 Å². The van der Waals surface area contributed by atoms with Crippen LogP contribution in [-0.2, 0) is 13.2 Å². The molecule has 0 N–H and O–H groups in total. The highest BCUT2D eigenvalue weighted by Gasteiger charge is 2.36. The van der Waals surface area contributed by atoms with Crippen molar-refractivity contribution < 1.29 is 27.0 Å². The summed E-state index contributed by atoms with van der Waals surface area (Å²) in [7, 11) is 3.09. The zero-order valence-corrected chi connectivity index (χ0v) is 22.9. The molecule has 1 unspecified atom stereocenters. The zero-order valence-electron chi connectivity index (χ0n) is 22.1. The van der Waals surface area contributed by atoms with Crippen LogP contribution in [0.3, 0.4) is 0 Å². The van der Waals surface area contributed by atoms with Gasteiger partial charge >= 0.3 is 6.18 Å². The van der Waals surface area contributed by atoms with Crippen molar-refractivity contribution >= 4 is 11.6 Å². The average molecular weight is 604 g/mol. The summed E-state index contributed by atoms with van der Waals surface area (Å²) < 4.78 is 65.5. The highest BCUT2D eigenvalue weighted by Crippen LogP contribution is 2.42. The van der Waals surface area contributed by atoms with Crippen molar-refractivity contribution in [2.45, 2.75) is 31.5 Å². The Bertz CT molecular complexity index is 1780. The first-order valence-electron chi connectivity index (χ1n) is 12.7. The van der Waals surface area contributed by atoms with Gasteiger partial charge in [0.25, 0.3) is 0 Å². The van der Waals surface area contributed by atoms with E-state index in [0.717, 1.165) is 23.7 Å². The summed E-state index contributed by atoms with van der Waals surface area (Å²) in [5.41, 5.74) is -0.737. The van der Waals surface area contributed by atoms with E-state index in [0.29, 0.717) is 34.7 Å². The summed E-state index contributed by atoms with van der Waals surface area (Å²) >= 11 is 6.07. The molecule has 1 fully saturated rings. The summed E-state index contributed by atoms with van der Waals surface area (Å²) in [6.07, 6.45) is 4.43. The van der Waals surface area contributed by atoms with Crippen molar-refractivity contribution in [2.24, 2.45) is 13.0 Å². The molecule has 5 aromatic rings. The quantitative estimate of drug-likeness (QED) is 0.143. The van der Waals surface area contributed by atoms with Gasteiger partial charge in [0, 0.05) is 13.2 Å². The molecule has 42 heavy (non-hydrogen) atoms. The fourth-order valence-electron chi connectivity index (χ4n) is 4.84. The standard InChI is InChI=1S/C26H22ClF4N9O2/c1-37-25(32-13-34-37)15-9-33-38(10-15)19(7-14-3-4-14)20-8-21(42-2)16(11-40(20)41)23-18(6-5-17(27)24(23)28)39-12-22(35-36-39)26(29,30)31/h5-6,8-14,19H,3-4,7H2,1-2H3. The van der Waals surface area contributed by atoms with Gasteiger partial charge in [-0.3, -0.25) is 4.68 Å². The van der Waals surface area contributed by atoms with Crippen molar-refractivity contribution in [3.63, 3.8) is 0 Å². The first kappa shape index (κ1) is 27.6. The van der Waals surface area contributed by atoms with E-state index in [1.165, 1.54) is 31.6 Å². The van der Waals surface area contributed by atoms with E-state index in [-0.39, 0.29) is 33.3 Å². The molecule has 0 aliphatic heterocycles. The molecule has 218 valence electrons. The van der Waals surface area contributed by atoms with Crippen LogP contribution >= 0.6 is 11.6 Å². The number of ether oxygens (including phenoxy) is 1. The Morgan fingerprint density at radius 1 is 1.21 bits per heavy atom. The second kappa shape index (κ2) is 10.4. The summed E-state index contributed by atoms with van der Waals surface area (Å²) in [6, 6.07) is 3.43. The number of nitrogens with zero attached hydrogens (tertiary/aromatic N) is 9. The van der Waals surface area contributed by atoms with Crippen LogP contribution in [0.1, 0.15) is 36.7 Å². The van der Waals surface area contributed by atoms with Gasteiger partial charge in [-0.1, -0.05) is 29.7 Å². The predicted octanol–water partition coefficient (Wildman–Crippen LogP) is 4.77. The lowest BCUT2D eigenvalue weighted by molar-refractivity contribution is -0.615. The molecule has 4 aromatic heterocycles. The topological polar surface area (TPSA) is 115 Å². The maximum Gasteiger partial charge on any atom is 0.436 e. The second-order valence-electron chi connectivity index (χ2n) is 9.92. The SMILES string of the molecule is COc1cc(C(CC2CC2)n2cc(-c3ncnn3C)cn2)[n+]([O-])cc1-c1c(-n2cc(C(F)(F)F)nn2)ccc(Cl)c1F. The summed E-state index contributed by atoms with van der Waals surface area (Å²) in [5.74, 6) is 0.103. The van der Waals surface area contributed by atoms with Gasteiger partial charge in [0.05, 0.1) is 53.0 Å². The van der Waals surface area contributed by atoms with Crippen LogP contribution in [0.25, 0.3) is 28.2 Å². The van der Waals surface area contributed by atoms with Crippen LogP contribution in [0.15, 0.2) is 49.3 Å². The molecular formula is C26H22ClF4N9O2. The van der Waals surface area contributed by atoms with Crippen LogP contribution < -0.4 is 9.47 Å². The van der Waals surface area contributed by atoms with Crippen molar-refractivity contribution in [3.8, 4) is 34.0 Å². The number of aromatic nitrogens is 9. The Kier molecular flexibility index (Phi) is 6.83. The van der Waals surface area contributed by atoms with E-state index in [1.807, 2.05) is 0 Å². The van der Waals surface area contributed by atoms with Crippen molar-refractivity contribution in [1.82, 2.24) is 39.5 Å². The van der Waals surface area contributed by atoms with Gasteiger partial charge in [0.15, 0.2) is 23.5 Å². The molecule has 1 aromatic carbocycles. The fourth-order valence-corrected chi connectivity index (χ4v) is 5.00. The molecule has 0 amide bonds. The predicted molar refractivity (Wildman–Crippen MR) is 140 cm³/mol. The number of alkyl halides is 3.